The molecule has 0 aliphatic heterocycles. The minimum atomic E-state index is -4.23. The van der Waals surface area contributed by atoms with Crippen LogP contribution in [0, 0.1) is 13.8 Å². The summed E-state index contributed by atoms with van der Waals surface area (Å²) in [6.07, 6.45) is 1.40. The van der Waals surface area contributed by atoms with Crippen molar-refractivity contribution < 1.29 is 32.2 Å². The van der Waals surface area contributed by atoms with E-state index in [9.17, 15) is 13.2 Å². The van der Waals surface area contributed by atoms with Gasteiger partial charge in [0.25, 0.3) is 15.9 Å². The molecule has 4 rings (SSSR count). The van der Waals surface area contributed by atoms with Crippen LogP contribution in [0.5, 0.6) is 23.0 Å². The molecule has 14 heteroatoms. The van der Waals surface area contributed by atoms with Crippen LogP contribution in [-0.4, -0.2) is 48.4 Å². The first kappa shape index (κ1) is 35.9. The summed E-state index contributed by atoms with van der Waals surface area (Å²) < 4.78 is 51.5. The second-order valence-electron chi connectivity index (χ2n) is 10.2. The number of anilines is 1. The van der Waals surface area contributed by atoms with Crippen LogP contribution < -0.4 is 28.7 Å². The zero-order valence-corrected chi connectivity index (χ0v) is 30.1. The lowest BCUT2D eigenvalue weighted by Crippen LogP contribution is -2.39. The van der Waals surface area contributed by atoms with Gasteiger partial charge < -0.3 is 18.9 Å². The minimum Gasteiger partial charge on any atom is -0.493 e. The molecule has 0 aliphatic carbocycles. The number of benzene rings is 4. The summed E-state index contributed by atoms with van der Waals surface area (Å²) in [5.41, 5.74) is 5.70. The Hall–Kier alpha value is -3.97. The molecule has 0 spiro atoms. The molecule has 10 nitrogen and oxygen atoms in total. The smallest absolute Gasteiger partial charge is 0.264 e. The van der Waals surface area contributed by atoms with E-state index in [1.54, 1.807) is 42.5 Å². The van der Waals surface area contributed by atoms with Crippen molar-refractivity contribution >= 4 is 67.0 Å². The highest BCUT2D eigenvalue weighted by Crippen LogP contribution is 2.37. The summed E-state index contributed by atoms with van der Waals surface area (Å²) in [4.78, 5) is 13.1. The fraction of sp³-hybridized carbons (Fsp3) is 0.212. The van der Waals surface area contributed by atoms with Gasteiger partial charge in [-0.25, -0.2) is 13.8 Å². The lowest BCUT2D eigenvalue weighted by Gasteiger charge is -2.25. The van der Waals surface area contributed by atoms with Gasteiger partial charge in [0, 0.05) is 21.7 Å². The molecule has 0 radical (unpaired) electrons. The van der Waals surface area contributed by atoms with Crippen LogP contribution in [0.1, 0.15) is 22.3 Å². The van der Waals surface area contributed by atoms with Gasteiger partial charge in [-0.3, -0.25) is 9.10 Å². The summed E-state index contributed by atoms with van der Waals surface area (Å²) in [6, 6.07) is 18.0. The van der Waals surface area contributed by atoms with Crippen molar-refractivity contribution in [3.63, 3.8) is 0 Å². The fourth-order valence-electron chi connectivity index (χ4n) is 4.60. The van der Waals surface area contributed by atoms with E-state index in [2.05, 4.69) is 26.5 Å². The minimum absolute atomic E-state index is 0.0804. The Bertz CT molecular complexity index is 1900. The predicted octanol–water partition coefficient (Wildman–Crippen LogP) is 7.32. The number of sulfonamides is 1. The van der Waals surface area contributed by atoms with Gasteiger partial charge in [-0.2, -0.15) is 5.10 Å². The van der Waals surface area contributed by atoms with Crippen molar-refractivity contribution in [3.05, 3.63) is 104 Å². The average Bonchev–Trinajstić information content (AvgIpc) is 3.02. The second kappa shape index (κ2) is 15.7. The molecule has 4 aromatic rings. The Morgan fingerprint density at radius 2 is 1.57 bits per heavy atom. The highest BCUT2D eigenvalue weighted by Gasteiger charge is 2.29. The predicted molar refractivity (Wildman–Crippen MR) is 187 cm³/mol. The van der Waals surface area contributed by atoms with Gasteiger partial charge in [0.05, 0.1) is 42.6 Å². The first-order valence-corrected chi connectivity index (χ1v) is 16.9. The monoisotopic (exact) mass is 763 g/mol. The summed E-state index contributed by atoms with van der Waals surface area (Å²) in [5.74, 6) is 0.763. The standard InChI is InChI=1S/C33H32BrCl2N3O7S/c1-20-10-21(2)12-25(11-20)39(47(41,42)26-8-9-29(43-3)30(16-26)44-4)18-32(40)38-37-17-22-13-27(34)33(31(14-22)45-5)46-19-23-6-7-24(35)15-28(23)36/h6-17H,18-19H2,1-5H3,(H,38,40)/b37-17-. The Labute approximate surface area is 292 Å². The Kier molecular flexibility index (Phi) is 12.0. The van der Waals surface area contributed by atoms with Crippen molar-refractivity contribution in [3.8, 4) is 23.0 Å². The van der Waals surface area contributed by atoms with Crippen LogP contribution in [0.2, 0.25) is 10.0 Å². The molecule has 0 unspecified atom stereocenters. The number of aryl methyl sites for hydroxylation is 2. The maximum atomic E-state index is 13.9. The summed E-state index contributed by atoms with van der Waals surface area (Å²) in [7, 11) is 0.123. The number of carbonyl (C=O) groups excluding carboxylic acids is 1. The van der Waals surface area contributed by atoms with Gasteiger partial charge in [0.1, 0.15) is 13.2 Å². The number of rotatable bonds is 13. The average molecular weight is 766 g/mol. The van der Waals surface area contributed by atoms with E-state index in [0.717, 1.165) is 21.0 Å². The molecule has 0 aromatic heterocycles. The number of nitrogens with zero attached hydrogens (tertiary/aromatic N) is 2. The number of amides is 1. The molecule has 0 saturated carbocycles. The van der Waals surface area contributed by atoms with Gasteiger partial charge in [0.2, 0.25) is 0 Å². The van der Waals surface area contributed by atoms with E-state index in [1.807, 2.05) is 19.9 Å². The van der Waals surface area contributed by atoms with Crippen LogP contribution in [0.3, 0.4) is 0 Å². The third-order valence-corrected chi connectivity index (χ3v) is 9.71. The van der Waals surface area contributed by atoms with Crippen LogP contribution in [0.15, 0.2) is 81.2 Å². The van der Waals surface area contributed by atoms with Crippen molar-refractivity contribution in [2.45, 2.75) is 25.3 Å². The van der Waals surface area contributed by atoms with E-state index in [-0.39, 0.29) is 17.3 Å². The molecule has 0 saturated heterocycles. The van der Waals surface area contributed by atoms with Crippen LogP contribution in [0.25, 0.3) is 0 Å². The first-order valence-electron chi connectivity index (χ1n) is 14.0. The van der Waals surface area contributed by atoms with Gasteiger partial charge >= 0.3 is 0 Å². The molecule has 0 fully saturated rings. The Balaban J connectivity index is 1.54. The number of ether oxygens (including phenoxy) is 4. The zero-order chi connectivity index (χ0) is 34.3. The molecule has 0 aliphatic rings. The lowest BCUT2D eigenvalue weighted by atomic mass is 10.1. The number of nitrogens with one attached hydrogen (secondary N) is 1. The largest absolute Gasteiger partial charge is 0.493 e. The Morgan fingerprint density at radius 3 is 2.21 bits per heavy atom. The Morgan fingerprint density at radius 1 is 0.894 bits per heavy atom. The highest BCUT2D eigenvalue weighted by molar-refractivity contribution is 9.10. The zero-order valence-electron chi connectivity index (χ0n) is 26.1. The molecule has 0 bridgehead atoms. The van der Waals surface area contributed by atoms with Crippen molar-refractivity contribution in [1.82, 2.24) is 5.43 Å². The van der Waals surface area contributed by atoms with Crippen molar-refractivity contribution in [2.24, 2.45) is 5.10 Å². The quantitative estimate of drug-likeness (QED) is 0.112. The molecule has 248 valence electrons. The van der Waals surface area contributed by atoms with Crippen LogP contribution >= 0.6 is 39.1 Å². The maximum absolute atomic E-state index is 13.9. The van der Waals surface area contributed by atoms with E-state index < -0.39 is 22.5 Å². The number of hydrogen-bond donors (Lipinski definition) is 1. The number of methoxy groups -OCH3 is 3. The molecule has 1 amide bonds. The van der Waals surface area contributed by atoms with Crippen LogP contribution in [0.4, 0.5) is 5.69 Å². The van der Waals surface area contributed by atoms with Crippen molar-refractivity contribution in [2.75, 3.05) is 32.2 Å². The normalized spacial score (nSPS) is 11.3. The highest BCUT2D eigenvalue weighted by atomic mass is 79.9. The second-order valence-corrected chi connectivity index (χ2v) is 13.8. The van der Waals surface area contributed by atoms with Gasteiger partial charge in [-0.05, 0) is 95.0 Å². The summed E-state index contributed by atoms with van der Waals surface area (Å²) >= 11 is 15.8. The van der Waals surface area contributed by atoms with Crippen LogP contribution in [-0.2, 0) is 21.4 Å². The van der Waals surface area contributed by atoms with Gasteiger partial charge in [-0.15, -0.1) is 0 Å². The van der Waals surface area contributed by atoms with E-state index >= 15 is 0 Å². The first-order chi connectivity index (χ1) is 22.4. The van der Waals surface area contributed by atoms with E-state index in [0.29, 0.717) is 43.0 Å². The lowest BCUT2D eigenvalue weighted by molar-refractivity contribution is -0.119. The number of hydrazone groups is 1. The van der Waals surface area contributed by atoms with Gasteiger partial charge in [0.15, 0.2) is 23.0 Å². The molecular weight excluding hydrogens is 733 g/mol. The topological polar surface area (TPSA) is 116 Å². The number of hydrogen-bond acceptors (Lipinski definition) is 8. The fourth-order valence-corrected chi connectivity index (χ4v) is 7.06. The van der Waals surface area contributed by atoms with E-state index in [1.165, 1.54) is 45.7 Å². The molecular formula is C33H32BrCl2N3O7S. The maximum Gasteiger partial charge on any atom is 0.264 e. The number of carbonyl (C=O) groups is 1. The van der Waals surface area contributed by atoms with E-state index in [4.69, 9.17) is 42.1 Å². The van der Waals surface area contributed by atoms with Crippen molar-refractivity contribution in [1.29, 1.82) is 0 Å². The summed E-state index contributed by atoms with van der Waals surface area (Å²) in [5, 5.41) is 5.05. The number of halogens is 3. The SMILES string of the molecule is COc1ccc(S(=O)(=O)N(CC(=O)N/N=C\c2cc(Br)c(OCc3ccc(Cl)cc3Cl)c(OC)c2)c2cc(C)cc(C)c2)cc1OC. The molecule has 4 aromatic carbocycles. The molecule has 0 heterocycles. The molecule has 47 heavy (non-hydrogen) atoms. The molecule has 0 atom stereocenters. The summed E-state index contributed by atoms with van der Waals surface area (Å²) in [6.45, 7) is 3.30. The molecule has 1 N–H and O–H groups in total. The third-order valence-electron chi connectivity index (χ3n) is 6.77. The van der Waals surface area contributed by atoms with Gasteiger partial charge in [-0.1, -0.05) is 35.3 Å². The third kappa shape index (κ3) is 8.89.